The van der Waals surface area contributed by atoms with E-state index in [1.165, 1.54) is 0 Å². The van der Waals surface area contributed by atoms with Gasteiger partial charge in [-0.15, -0.1) is 0 Å². The highest BCUT2D eigenvalue weighted by atomic mass is 35.5. The Kier molecular flexibility index (Phi) is 7.24. The highest BCUT2D eigenvalue weighted by molar-refractivity contribution is 6.36. The third-order valence-electron chi connectivity index (χ3n) is 5.94. The van der Waals surface area contributed by atoms with E-state index >= 15 is 0 Å². The fourth-order valence-electron chi connectivity index (χ4n) is 4.14. The van der Waals surface area contributed by atoms with Crippen LogP contribution in [0.2, 0.25) is 10.0 Å². The monoisotopic (exact) mass is 425 g/mol. The molecular formula is C21H29Cl2N3O2. The van der Waals surface area contributed by atoms with Gasteiger partial charge in [0.2, 0.25) is 5.91 Å². The molecule has 1 aliphatic carbocycles. The smallest absolute Gasteiger partial charge is 0.253 e. The molecule has 0 unspecified atom stereocenters. The zero-order valence-electron chi connectivity index (χ0n) is 16.6. The van der Waals surface area contributed by atoms with E-state index in [-0.39, 0.29) is 23.8 Å². The first-order chi connectivity index (χ1) is 13.3. The van der Waals surface area contributed by atoms with Gasteiger partial charge in [0.25, 0.3) is 5.91 Å². The molecular weight excluding hydrogens is 397 g/mol. The van der Waals surface area contributed by atoms with Gasteiger partial charge in [-0.3, -0.25) is 14.5 Å². The van der Waals surface area contributed by atoms with E-state index in [2.05, 4.69) is 24.1 Å². The van der Waals surface area contributed by atoms with E-state index in [9.17, 15) is 9.59 Å². The molecule has 2 aliphatic rings. The molecule has 1 saturated heterocycles. The lowest BCUT2D eigenvalue weighted by atomic mass is 9.85. The maximum absolute atomic E-state index is 12.8. The summed E-state index contributed by atoms with van der Waals surface area (Å²) in [6, 6.07) is 5.50. The predicted octanol–water partition coefficient (Wildman–Crippen LogP) is 3.83. The molecule has 1 aromatic rings. The van der Waals surface area contributed by atoms with E-state index in [1.54, 1.807) is 18.2 Å². The van der Waals surface area contributed by atoms with Gasteiger partial charge in [0.15, 0.2) is 0 Å². The van der Waals surface area contributed by atoms with Crippen LogP contribution in [0.25, 0.3) is 0 Å². The lowest BCUT2D eigenvalue weighted by Crippen LogP contribution is -2.52. The van der Waals surface area contributed by atoms with E-state index < -0.39 is 0 Å². The Bertz CT molecular complexity index is 710. The van der Waals surface area contributed by atoms with Crippen LogP contribution in [0.3, 0.4) is 0 Å². The Hall–Kier alpha value is -1.30. The summed E-state index contributed by atoms with van der Waals surface area (Å²) >= 11 is 12.0. The Balaban J connectivity index is 1.46. The third-order valence-corrected chi connectivity index (χ3v) is 6.49. The average molecular weight is 426 g/mol. The van der Waals surface area contributed by atoms with Crippen molar-refractivity contribution in [1.29, 1.82) is 0 Å². The first-order valence-electron chi connectivity index (χ1n) is 10.1. The maximum Gasteiger partial charge on any atom is 0.253 e. The second-order valence-corrected chi connectivity index (χ2v) is 8.94. The molecule has 1 aromatic carbocycles. The fraction of sp³-hybridized carbons (Fsp3) is 0.619. The van der Waals surface area contributed by atoms with Crippen molar-refractivity contribution >= 4 is 35.0 Å². The molecule has 7 heteroatoms. The second kappa shape index (κ2) is 9.47. The van der Waals surface area contributed by atoms with Crippen LogP contribution >= 0.6 is 23.2 Å². The van der Waals surface area contributed by atoms with Gasteiger partial charge in [-0.25, -0.2) is 0 Å². The summed E-state index contributed by atoms with van der Waals surface area (Å²) in [5.74, 6) is 0.188. The standard InChI is InChI=1S/C21H29Cl2N3O2/c1-14(2)25-9-11-26(12-10-25)21(28)15-3-6-17(7-4-15)24-20(27)18-8-5-16(22)13-19(18)23/h5,8,13-15,17H,3-4,6-7,9-12H2,1-2H3,(H,24,27). The van der Waals surface area contributed by atoms with Crippen molar-refractivity contribution in [3.8, 4) is 0 Å². The number of halogens is 2. The summed E-state index contributed by atoms with van der Waals surface area (Å²) < 4.78 is 0. The molecule has 0 radical (unpaired) electrons. The first kappa shape index (κ1) is 21.4. The minimum absolute atomic E-state index is 0.0814. The summed E-state index contributed by atoms with van der Waals surface area (Å²) in [6.45, 7) is 7.95. The average Bonchev–Trinajstić information content (AvgIpc) is 2.68. The third kappa shape index (κ3) is 5.19. The minimum atomic E-state index is -0.179. The number of hydrogen-bond donors (Lipinski definition) is 1. The number of piperazine rings is 1. The molecule has 0 aromatic heterocycles. The van der Waals surface area contributed by atoms with Gasteiger partial charge in [0.1, 0.15) is 0 Å². The quantitative estimate of drug-likeness (QED) is 0.796. The number of rotatable bonds is 4. The summed E-state index contributed by atoms with van der Waals surface area (Å²) in [5, 5.41) is 3.92. The largest absolute Gasteiger partial charge is 0.349 e. The topological polar surface area (TPSA) is 52.6 Å². The number of hydrogen-bond acceptors (Lipinski definition) is 3. The number of amides is 2. The molecule has 0 bridgehead atoms. The van der Waals surface area contributed by atoms with Crippen LogP contribution in [0.1, 0.15) is 49.9 Å². The molecule has 2 amide bonds. The fourth-order valence-corrected chi connectivity index (χ4v) is 4.63. The molecule has 28 heavy (non-hydrogen) atoms. The molecule has 1 saturated carbocycles. The van der Waals surface area contributed by atoms with Gasteiger partial charge in [0.05, 0.1) is 10.6 Å². The van der Waals surface area contributed by atoms with Crippen molar-refractivity contribution in [3.63, 3.8) is 0 Å². The number of nitrogens with zero attached hydrogens (tertiary/aromatic N) is 2. The van der Waals surface area contributed by atoms with Crippen LogP contribution < -0.4 is 5.32 Å². The van der Waals surface area contributed by atoms with Gasteiger partial charge in [-0.2, -0.15) is 0 Å². The number of benzene rings is 1. The van der Waals surface area contributed by atoms with Crippen molar-refractivity contribution in [2.75, 3.05) is 26.2 Å². The minimum Gasteiger partial charge on any atom is -0.349 e. The van der Waals surface area contributed by atoms with E-state index in [4.69, 9.17) is 23.2 Å². The summed E-state index contributed by atoms with van der Waals surface area (Å²) in [4.78, 5) is 29.8. The highest BCUT2D eigenvalue weighted by Gasteiger charge is 2.32. The zero-order chi connectivity index (χ0) is 20.3. The number of nitrogens with one attached hydrogen (secondary N) is 1. The molecule has 3 rings (SSSR count). The zero-order valence-corrected chi connectivity index (χ0v) is 18.1. The van der Waals surface area contributed by atoms with E-state index in [1.807, 2.05) is 4.90 Å². The maximum atomic E-state index is 12.8. The lowest BCUT2D eigenvalue weighted by Gasteiger charge is -2.39. The van der Waals surface area contributed by atoms with Crippen molar-refractivity contribution < 1.29 is 9.59 Å². The highest BCUT2D eigenvalue weighted by Crippen LogP contribution is 2.27. The van der Waals surface area contributed by atoms with Gasteiger partial charge < -0.3 is 10.2 Å². The molecule has 0 spiro atoms. The summed E-state index contributed by atoms with van der Waals surface area (Å²) in [7, 11) is 0. The number of carbonyl (C=O) groups excluding carboxylic acids is 2. The lowest BCUT2D eigenvalue weighted by molar-refractivity contribution is -0.138. The molecule has 1 N–H and O–H groups in total. The van der Waals surface area contributed by atoms with Crippen LogP contribution in [0.15, 0.2) is 18.2 Å². The Labute approximate surface area is 177 Å². The van der Waals surface area contributed by atoms with Crippen molar-refractivity contribution in [2.24, 2.45) is 5.92 Å². The summed E-state index contributed by atoms with van der Waals surface area (Å²) in [6.07, 6.45) is 3.28. The molecule has 1 heterocycles. The van der Waals surface area contributed by atoms with Gasteiger partial charge >= 0.3 is 0 Å². The van der Waals surface area contributed by atoms with Gasteiger partial charge in [0, 0.05) is 49.2 Å². The van der Waals surface area contributed by atoms with E-state index in [0.717, 1.165) is 51.9 Å². The Morgan fingerprint density at radius 1 is 1.04 bits per heavy atom. The molecule has 2 fully saturated rings. The van der Waals surface area contributed by atoms with Crippen molar-refractivity contribution in [2.45, 2.75) is 51.6 Å². The molecule has 154 valence electrons. The number of carbonyl (C=O) groups is 2. The second-order valence-electron chi connectivity index (χ2n) is 8.10. The normalized spacial score (nSPS) is 23.7. The van der Waals surface area contributed by atoms with Crippen LogP contribution in [-0.2, 0) is 4.79 Å². The summed E-state index contributed by atoms with van der Waals surface area (Å²) in [5.41, 5.74) is 0.437. The molecule has 5 nitrogen and oxygen atoms in total. The van der Waals surface area contributed by atoms with Crippen LogP contribution in [-0.4, -0.2) is 59.9 Å². The van der Waals surface area contributed by atoms with Gasteiger partial charge in [-0.1, -0.05) is 23.2 Å². The van der Waals surface area contributed by atoms with Crippen molar-refractivity contribution in [3.05, 3.63) is 33.8 Å². The van der Waals surface area contributed by atoms with Gasteiger partial charge in [-0.05, 0) is 57.7 Å². The Morgan fingerprint density at radius 3 is 2.25 bits per heavy atom. The molecule has 1 aliphatic heterocycles. The van der Waals surface area contributed by atoms with Crippen LogP contribution in [0.5, 0.6) is 0 Å². The SMILES string of the molecule is CC(C)N1CCN(C(=O)C2CCC(NC(=O)c3ccc(Cl)cc3Cl)CC2)CC1. The van der Waals surface area contributed by atoms with Crippen LogP contribution in [0.4, 0.5) is 0 Å². The van der Waals surface area contributed by atoms with Crippen molar-refractivity contribution in [1.82, 2.24) is 15.1 Å². The van der Waals surface area contributed by atoms with Crippen LogP contribution in [0, 0.1) is 5.92 Å². The predicted molar refractivity (Wildman–Crippen MR) is 113 cm³/mol. The molecule has 0 atom stereocenters. The first-order valence-corrected chi connectivity index (χ1v) is 10.9. The Morgan fingerprint density at radius 2 is 1.68 bits per heavy atom. The van der Waals surface area contributed by atoms with E-state index in [0.29, 0.717) is 21.7 Å².